The molecule has 5 atom stereocenters. The van der Waals surface area contributed by atoms with E-state index in [1.165, 1.54) is 0 Å². The van der Waals surface area contributed by atoms with Gasteiger partial charge in [-0.05, 0) is 50.6 Å². The number of alkyl halides is 3. The highest BCUT2D eigenvalue weighted by atomic mass is 19.4. The molecule has 2 heterocycles. The monoisotopic (exact) mass is 571 g/mol. The molecule has 0 unspecified atom stereocenters. The number of carboxylic acid groups (broad SMARTS) is 1. The summed E-state index contributed by atoms with van der Waals surface area (Å²) >= 11 is 0. The second kappa shape index (κ2) is 10.4. The highest BCUT2D eigenvalue weighted by Crippen LogP contribution is 2.64. The standard InChI is InChI=1S/C24H27NO9.C2HF3O/c1-12(26)32-16(22(29)30)11-18(28)33-15-6-8-24(31)17-10-13-4-5-14(27)20-19(13)23(24,21(15)34-20)7-3-9-25(17)2;3-2(4,5)1-6/h4-6,16-17,21,27,31H,3,7-11H2,1-2H3,(H,29,30);1H/t16-,17+,21-,23-,24+;/m0./s1. The predicted molar refractivity (Wildman–Crippen MR) is 127 cm³/mol. The van der Waals surface area contributed by atoms with Crippen molar-refractivity contribution in [2.45, 2.75) is 74.5 Å². The van der Waals surface area contributed by atoms with Gasteiger partial charge in [0, 0.05) is 24.9 Å². The fourth-order valence-corrected chi connectivity index (χ4v) is 6.40. The van der Waals surface area contributed by atoms with Crippen LogP contribution >= 0.6 is 0 Å². The Labute approximate surface area is 226 Å². The van der Waals surface area contributed by atoms with E-state index < -0.39 is 60.0 Å². The van der Waals surface area contributed by atoms with Gasteiger partial charge in [0.2, 0.25) is 12.4 Å². The van der Waals surface area contributed by atoms with E-state index in [1.807, 2.05) is 13.1 Å². The van der Waals surface area contributed by atoms with Gasteiger partial charge in [0.25, 0.3) is 0 Å². The molecule has 1 fully saturated rings. The molecule has 5 rings (SSSR count). The van der Waals surface area contributed by atoms with E-state index in [4.69, 9.17) is 19.0 Å². The zero-order valence-electron chi connectivity index (χ0n) is 21.6. The number of carboxylic acids is 1. The first-order valence-electron chi connectivity index (χ1n) is 12.4. The third kappa shape index (κ3) is 4.89. The number of nitrogens with zero attached hydrogens (tertiary/aromatic N) is 1. The molecule has 1 spiro atoms. The minimum atomic E-state index is -4.64. The lowest BCUT2D eigenvalue weighted by molar-refractivity contribution is -0.167. The van der Waals surface area contributed by atoms with Crippen LogP contribution in [0.15, 0.2) is 24.0 Å². The Morgan fingerprint density at radius 2 is 1.98 bits per heavy atom. The molecule has 0 saturated carbocycles. The van der Waals surface area contributed by atoms with Crippen LogP contribution in [0.1, 0.15) is 43.7 Å². The molecule has 0 amide bonds. The first-order valence-corrected chi connectivity index (χ1v) is 12.4. The molecule has 4 aliphatic rings. The number of phenols is 1. The number of aliphatic carboxylic acids is 1. The van der Waals surface area contributed by atoms with Crippen LogP contribution in [-0.4, -0.2) is 88.0 Å². The smallest absolute Gasteiger partial charge is 0.446 e. The molecule has 2 aliphatic carbocycles. The number of phenolic OH excluding ortho intramolecular Hbond substituents is 1. The molecule has 2 aliphatic heterocycles. The van der Waals surface area contributed by atoms with Crippen molar-refractivity contribution in [1.29, 1.82) is 0 Å². The fourth-order valence-electron chi connectivity index (χ4n) is 6.40. The number of esters is 2. The molecular weight excluding hydrogens is 543 g/mol. The van der Waals surface area contributed by atoms with Gasteiger partial charge in [-0.2, -0.15) is 13.2 Å². The topological polar surface area (TPSA) is 160 Å². The summed E-state index contributed by atoms with van der Waals surface area (Å²) < 4.78 is 47.8. The lowest BCUT2D eigenvalue weighted by Crippen LogP contribution is -2.69. The molecule has 14 heteroatoms. The molecule has 2 bridgehead atoms. The van der Waals surface area contributed by atoms with Crippen molar-refractivity contribution >= 4 is 24.2 Å². The van der Waals surface area contributed by atoms with E-state index in [9.17, 15) is 42.9 Å². The third-order valence-electron chi connectivity index (χ3n) is 7.88. The number of ether oxygens (including phenoxy) is 3. The highest BCUT2D eigenvalue weighted by molar-refractivity contribution is 5.83. The van der Waals surface area contributed by atoms with E-state index in [-0.39, 0.29) is 29.7 Å². The van der Waals surface area contributed by atoms with Crippen LogP contribution in [0.25, 0.3) is 0 Å². The first-order chi connectivity index (χ1) is 18.6. The summed E-state index contributed by atoms with van der Waals surface area (Å²) in [5.74, 6) is -2.78. The van der Waals surface area contributed by atoms with Crippen molar-refractivity contribution in [3.63, 3.8) is 0 Å². The summed E-state index contributed by atoms with van der Waals surface area (Å²) in [6.07, 6.45) is -5.20. The molecule has 11 nitrogen and oxygen atoms in total. The van der Waals surface area contributed by atoms with Gasteiger partial charge in [0.15, 0.2) is 17.6 Å². The normalized spacial score (nSPS) is 28.8. The molecule has 0 aromatic heterocycles. The number of carbonyl (C=O) groups excluding carboxylic acids is 3. The van der Waals surface area contributed by atoms with E-state index in [2.05, 4.69) is 4.90 Å². The maximum atomic E-state index is 12.7. The quantitative estimate of drug-likeness (QED) is 0.349. The SMILES string of the molecule is CC(=O)O[C@@H](CC(=O)OC1=CC[C@@]2(O)[C@H]3Cc4ccc(O)c5c4[C@@]2(CCCN3C)[C@H]1O5)C(=O)O.O=CC(F)(F)F. The molecule has 1 aromatic carbocycles. The Balaban J connectivity index is 0.000000557. The average molecular weight is 572 g/mol. The van der Waals surface area contributed by atoms with Crippen LogP contribution in [0.4, 0.5) is 13.2 Å². The summed E-state index contributed by atoms with van der Waals surface area (Å²) in [6.45, 7) is 1.83. The maximum Gasteiger partial charge on any atom is 0.446 e. The van der Waals surface area contributed by atoms with Crippen LogP contribution in [0.5, 0.6) is 11.5 Å². The number of rotatable bonds is 5. The molecular formula is C26H28F3NO10. The summed E-state index contributed by atoms with van der Waals surface area (Å²) in [6, 6.07) is 3.23. The van der Waals surface area contributed by atoms with E-state index in [0.29, 0.717) is 12.8 Å². The van der Waals surface area contributed by atoms with Gasteiger partial charge in [-0.15, -0.1) is 0 Å². The Morgan fingerprint density at radius 3 is 2.58 bits per heavy atom. The van der Waals surface area contributed by atoms with Crippen molar-refractivity contribution in [2.24, 2.45) is 0 Å². The van der Waals surface area contributed by atoms with Gasteiger partial charge in [-0.1, -0.05) is 6.07 Å². The first kappa shape index (κ1) is 29.3. The average Bonchev–Trinajstić information content (AvgIpc) is 3.20. The van der Waals surface area contributed by atoms with Crippen molar-refractivity contribution in [3.05, 3.63) is 35.1 Å². The number of aliphatic hydroxyl groups is 1. The Morgan fingerprint density at radius 1 is 1.30 bits per heavy atom. The number of hydrogen-bond donors (Lipinski definition) is 3. The fraction of sp³-hybridized carbons (Fsp3) is 0.538. The van der Waals surface area contributed by atoms with Gasteiger partial charge in [-0.25, -0.2) is 4.79 Å². The summed E-state index contributed by atoms with van der Waals surface area (Å²) in [7, 11) is 1.99. The number of benzene rings is 1. The molecule has 1 aromatic rings. The van der Waals surface area contributed by atoms with Crippen molar-refractivity contribution in [2.75, 3.05) is 13.6 Å². The van der Waals surface area contributed by atoms with Crippen LogP contribution in [0.2, 0.25) is 0 Å². The number of aromatic hydroxyl groups is 1. The Hall–Kier alpha value is -3.65. The number of likely N-dealkylation sites (tertiary alicyclic amines) is 1. The number of aldehydes is 1. The van der Waals surface area contributed by atoms with Crippen molar-refractivity contribution in [1.82, 2.24) is 4.90 Å². The number of hydrogen-bond acceptors (Lipinski definition) is 10. The van der Waals surface area contributed by atoms with Crippen LogP contribution in [0.3, 0.4) is 0 Å². The maximum absolute atomic E-state index is 12.7. The van der Waals surface area contributed by atoms with E-state index in [0.717, 1.165) is 31.0 Å². The summed E-state index contributed by atoms with van der Waals surface area (Å²) in [4.78, 5) is 46.1. The van der Waals surface area contributed by atoms with Gasteiger partial charge < -0.3 is 34.4 Å². The summed E-state index contributed by atoms with van der Waals surface area (Å²) in [5, 5.41) is 32.1. The Kier molecular flexibility index (Phi) is 7.62. The molecule has 0 radical (unpaired) electrons. The molecule has 218 valence electrons. The summed E-state index contributed by atoms with van der Waals surface area (Å²) in [5.41, 5.74) is -0.411. The molecule has 1 saturated heterocycles. The van der Waals surface area contributed by atoms with Gasteiger partial charge in [0.1, 0.15) is 5.76 Å². The van der Waals surface area contributed by atoms with E-state index >= 15 is 0 Å². The second-order valence-electron chi connectivity index (χ2n) is 10.2. The lowest BCUT2D eigenvalue weighted by atomic mass is 9.52. The second-order valence-corrected chi connectivity index (χ2v) is 10.2. The lowest BCUT2D eigenvalue weighted by Gasteiger charge is -2.56. The largest absolute Gasteiger partial charge is 0.504 e. The number of likely N-dealkylation sites (N-methyl/N-ethyl adjacent to an activating group) is 1. The minimum absolute atomic E-state index is 0.0487. The Bertz CT molecular complexity index is 1260. The highest BCUT2D eigenvalue weighted by Gasteiger charge is 2.71. The zero-order chi connectivity index (χ0) is 29.6. The minimum Gasteiger partial charge on any atom is -0.504 e. The molecule has 40 heavy (non-hydrogen) atoms. The molecule has 3 N–H and O–H groups in total. The predicted octanol–water partition coefficient (Wildman–Crippen LogP) is 1.76. The van der Waals surface area contributed by atoms with Gasteiger partial charge >= 0.3 is 24.1 Å². The van der Waals surface area contributed by atoms with Gasteiger partial charge in [0.05, 0.1) is 17.4 Å². The zero-order valence-corrected chi connectivity index (χ0v) is 21.6. The van der Waals surface area contributed by atoms with Crippen LogP contribution < -0.4 is 4.74 Å². The van der Waals surface area contributed by atoms with Gasteiger partial charge in [-0.3, -0.25) is 14.4 Å². The van der Waals surface area contributed by atoms with E-state index in [1.54, 1.807) is 12.1 Å². The third-order valence-corrected chi connectivity index (χ3v) is 7.88. The van der Waals surface area contributed by atoms with Crippen LogP contribution in [0, 0.1) is 0 Å². The number of carbonyl (C=O) groups is 4. The van der Waals surface area contributed by atoms with Crippen molar-refractivity contribution < 1.29 is 61.9 Å². The number of halogens is 3. The van der Waals surface area contributed by atoms with Crippen LogP contribution in [-0.2, 0) is 40.5 Å². The van der Waals surface area contributed by atoms with Crippen molar-refractivity contribution in [3.8, 4) is 11.5 Å².